The van der Waals surface area contributed by atoms with Crippen LogP contribution < -0.4 is 4.74 Å². The van der Waals surface area contributed by atoms with Crippen molar-refractivity contribution in [2.45, 2.75) is 0 Å². The van der Waals surface area contributed by atoms with E-state index in [-0.39, 0.29) is 0 Å². The van der Waals surface area contributed by atoms with Crippen molar-refractivity contribution >= 4 is 10.9 Å². The summed E-state index contributed by atoms with van der Waals surface area (Å²) < 4.78 is 7.51. The van der Waals surface area contributed by atoms with Crippen molar-refractivity contribution in [3.05, 3.63) is 73.1 Å². The lowest BCUT2D eigenvalue weighted by molar-refractivity contribution is 0.415. The summed E-state index contributed by atoms with van der Waals surface area (Å²) in [5, 5.41) is 1.15. The van der Waals surface area contributed by atoms with Gasteiger partial charge in [0.15, 0.2) is 0 Å². The van der Waals surface area contributed by atoms with Crippen molar-refractivity contribution in [3.8, 4) is 28.1 Å². The Kier molecular flexibility index (Phi) is 3.54. The van der Waals surface area contributed by atoms with Crippen LogP contribution in [-0.4, -0.2) is 16.7 Å². The number of hydrogen-bond donors (Lipinski definition) is 0. The van der Waals surface area contributed by atoms with E-state index in [1.807, 2.05) is 24.4 Å². The fourth-order valence-electron chi connectivity index (χ4n) is 3.09. The second-order valence-corrected chi connectivity index (χ2v) is 5.83. The largest absolute Gasteiger partial charge is 0.497 e. The average Bonchev–Trinajstić information content (AvgIpc) is 2.98. The van der Waals surface area contributed by atoms with Gasteiger partial charge in [-0.15, -0.1) is 0 Å². The van der Waals surface area contributed by atoms with Crippen molar-refractivity contribution in [3.63, 3.8) is 0 Å². The number of pyridine rings is 1. The zero-order chi connectivity index (χ0) is 16.5. The summed E-state index contributed by atoms with van der Waals surface area (Å²) in [4.78, 5) is 4.60. The lowest BCUT2D eigenvalue weighted by Crippen LogP contribution is -1.85. The third kappa shape index (κ3) is 2.44. The number of hydrogen-bond acceptors (Lipinski definition) is 2. The Morgan fingerprint density at radius 2 is 1.75 bits per heavy atom. The normalized spacial score (nSPS) is 10.9. The smallest absolute Gasteiger partial charge is 0.119 e. The van der Waals surface area contributed by atoms with E-state index >= 15 is 0 Å². The van der Waals surface area contributed by atoms with Gasteiger partial charge in [-0.1, -0.05) is 30.3 Å². The summed E-state index contributed by atoms with van der Waals surface area (Å²) in [7, 11) is 3.75. The molecule has 0 bridgehead atoms. The van der Waals surface area contributed by atoms with Gasteiger partial charge in [0, 0.05) is 35.9 Å². The molecular formula is C21H18N2O. The summed E-state index contributed by atoms with van der Waals surface area (Å²) in [5.41, 5.74) is 5.61. The molecule has 0 spiro atoms. The Labute approximate surface area is 141 Å². The molecule has 4 rings (SSSR count). The van der Waals surface area contributed by atoms with Crippen LogP contribution in [0.2, 0.25) is 0 Å². The summed E-state index contributed by atoms with van der Waals surface area (Å²) in [6, 6.07) is 20.7. The van der Waals surface area contributed by atoms with Crippen molar-refractivity contribution in [2.75, 3.05) is 7.11 Å². The number of rotatable bonds is 3. The molecule has 0 aliphatic carbocycles. The number of aryl methyl sites for hydroxylation is 1. The minimum Gasteiger partial charge on any atom is -0.497 e. The van der Waals surface area contributed by atoms with Crippen LogP contribution in [0.4, 0.5) is 0 Å². The Balaban J connectivity index is 1.89. The molecule has 0 N–H and O–H groups in total. The van der Waals surface area contributed by atoms with Crippen LogP contribution in [0.5, 0.6) is 5.75 Å². The number of nitrogens with zero attached hydrogens (tertiary/aromatic N) is 2. The van der Waals surface area contributed by atoms with E-state index in [9.17, 15) is 0 Å². The van der Waals surface area contributed by atoms with E-state index in [0.717, 1.165) is 27.9 Å². The maximum Gasteiger partial charge on any atom is 0.119 e. The minimum atomic E-state index is 0.856. The highest BCUT2D eigenvalue weighted by atomic mass is 16.5. The predicted molar refractivity (Wildman–Crippen MR) is 98.1 cm³/mol. The zero-order valence-electron chi connectivity index (χ0n) is 13.7. The van der Waals surface area contributed by atoms with E-state index in [2.05, 4.69) is 65.3 Å². The molecule has 118 valence electrons. The lowest BCUT2D eigenvalue weighted by Gasteiger charge is -2.05. The summed E-state index contributed by atoms with van der Waals surface area (Å²) >= 11 is 0. The van der Waals surface area contributed by atoms with Gasteiger partial charge in [0.1, 0.15) is 5.75 Å². The van der Waals surface area contributed by atoms with Gasteiger partial charge >= 0.3 is 0 Å². The van der Waals surface area contributed by atoms with E-state index in [1.54, 1.807) is 7.11 Å². The molecule has 0 fully saturated rings. The van der Waals surface area contributed by atoms with Crippen molar-refractivity contribution in [1.29, 1.82) is 0 Å². The molecule has 0 amide bonds. The zero-order valence-corrected chi connectivity index (χ0v) is 13.7. The van der Waals surface area contributed by atoms with Crippen molar-refractivity contribution < 1.29 is 4.74 Å². The molecule has 2 heterocycles. The lowest BCUT2D eigenvalue weighted by atomic mass is 10.0. The fraction of sp³-hybridized carbons (Fsp3) is 0.0952. The van der Waals surface area contributed by atoms with E-state index < -0.39 is 0 Å². The van der Waals surface area contributed by atoms with E-state index in [0.29, 0.717) is 0 Å². The molecule has 4 aromatic rings. The molecule has 0 saturated carbocycles. The first-order valence-electron chi connectivity index (χ1n) is 7.91. The first kappa shape index (κ1) is 14.5. The Morgan fingerprint density at radius 3 is 2.54 bits per heavy atom. The van der Waals surface area contributed by atoms with Gasteiger partial charge in [-0.05, 0) is 41.5 Å². The molecule has 24 heavy (non-hydrogen) atoms. The predicted octanol–water partition coefficient (Wildman–Crippen LogP) is 4.92. The van der Waals surface area contributed by atoms with Crippen molar-refractivity contribution in [1.82, 2.24) is 9.55 Å². The summed E-state index contributed by atoms with van der Waals surface area (Å²) in [6.45, 7) is 0. The maximum atomic E-state index is 5.39. The Morgan fingerprint density at radius 1 is 0.917 bits per heavy atom. The minimum absolute atomic E-state index is 0.856. The van der Waals surface area contributed by atoms with Crippen LogP contribution in [-0.2, 0) is 7.05 Å². The average molecular weight is 314 g/mol. The van der Waals surface area contributed by atoms with Gasteiger partial charge < -0.3 is 9.30 Å². The first-order valence-corrected chi connectivity index (χ1v) is 7.91. The standard InChI is InChI=1S/C21H18N2O/c1-23-14-19(18-13-17(24-2)8-9-21(18)23)20-12-16(10-11-22-20)15-6-4-3-5-7-15/h3-14H,1-2H3. The third-order valence-electron chi connectivity index (χ3n) is 4.34. The van der Waals surface area contributed by atoms with Gasteiger partial charge in [0.25, 0.3) is 0 Å². The highest BCUT2D eigenvalue weighted by Crippen LogP contribution is 2.33. The quantitative estimate of drug-likeness (QED) is 0.537. The van der Waals surface area contributed by atoms with Crippen LogP contribution >= 0.6 is 0 Å². The van der Waals surface area contributed by atoms with Gasteiger partial charge in [-0.2, -0.15) is 0 Å². The first-order chi connectivity index (χ1) is 11.8. The molecule has 2 aromatic heterocycles. The second-order valence-electron chi connectivity index (χ2n) is 5.83. The second kappa shape index (κ2) is 5.85. The highest BCUT2D eigenvalue weighted by molar-refractivity contribution is 5.96. The van der Waals surface area contributed by atoms with Crippen LogP contribution in [0.15, 0.2) is 73.1 Å². The molecule has 3 heteroatoms. The van der Waals surface area contributed by atoms with E-state index in [4.69, 9.17) is 4.74 Å². The van der Waals surface area contributed by atoms with Gasteiger partial charge in [-0.25, -0.2) is 0 Å². The highest BCUT2D eigenvalue weighted by Gasteiger charge is 2.11. The number of methoxy groups -OCH3 is 1. The topological polar surface area (TPSA) is 27.1 Å². The monoisotopic (exact) mass is 314 g/mol. The van der Waals surface area contributed by atoms with Crippen LogP contribution in [0, 0.1) is 0 Å². The molecule has 0 radical (unpaired) electrons. The number of fused-ring (bicyclic) bond motifs is 1. The maximum absolute atomic E-state index is 5.39. The van der Waals surface area contributed by atoms with Gasteiger partial charge in [0.05, 0.1) is 12.8 Å². The summed E-state index contributed by atoms with van der Waals surface area (Å²) in [5.74, 6) is 0.856. The van der Waals surface area contributed by atoms with Gasteiger partial charge in [-0.3, -0.25) is 4.98 Å². The number of ether oxygens (including phenoxy) is 1. The molecule has 2 aromatic carbocycles. The number of benzene rings is 2. The molecule has 0 unspecified atom stereocenters. The van der Waals surface area contributed by atoms with Crippen LogP contribution in [0.1, 0.15) is 0 Å². The van der Waals surface area contributed by atoms with Gasteiger partial charge in [0.2, 0.25) is 0 Å². The van der Waals surface area contributed by atoms with Crippen LogP contribution in [0.25, 0.3) is 33.3 Å². The SMILES string of the molecule is COc1ccc2c(c1)c(-c1cc(-c3ccccc3)ccn1)cn2C. The fourth-order valence-corrected chi connectivity index (χ4v) is 3.09. The molecule has 3 nitrogen and oxygen atoms in total. The third-order valence-corrected chi connectivity index (χ3v) is 4.34. The Hall–Kier alpha value is -3.07. The van der Waals surface area contributed by atoms with Crippen LogP contribution in [0.3, 0.4) is 0 Å². The molecule has 0 aliphatic rings. The molecule has 0 saturated heterocycles. The molecular weight excluding hydrogens is 296 g/mol. The van der Waals surface area contributed by atoms with E-state index in [1.165, 1.54) is 11.1 Å². The molecule has 0 aliphatic heterocycles. The Bertz CT molecular complexity index is 1000. The summed E-state index contributed by atoms with van der Waals surface area (Å²) in [6.07, 6.45) is 4.00. The van der Waals surface area contributed by atoms with Crippen molar-refractivity contribution in [2.24, 2.45) is 7.05 Å². The number of aromatic nitrogens is 2. The molecule has 0 atom stereocenters.